The standard InChI is InChI=1S/C20H34N4O/c1-21-9-10-24(2)13-17-12-22-23-18(17)11-16-3-5-20(6-4-16)14-19(7-8-19)15-25-20/h12,16,21H,3-11,13-15H2,1-2H3,(H,22,23)/t16-,20+. The van der Waals surface area contributed by atoms with Gasteiger partial charge in [0.25, 0.3) is 0 Å². The third-order valence-corrected chi connectivity index (χ3v) is 6.83. The molecule has 1 aromatic rings. The molecule has 25 heavy (non-hydrogen) atoms. The molecular weight excluding hydrogens is 312 g/mol. The molecule has 0 radical (unpaired) electrons. The molecule has 2 saturated carbocycles. The summed E-state index contributed by atoms with van der Waals surface area (Å²) in [7, 11) is 4.19. The Balaban J connectivity index is 1.28. The van der Waals surface area contributed by atoms with Crippen LogP contribution < -0.4 is 5.32 Å². The Labute approximate surface area is 151 Å². The van der Waals surface area contributed by atoms with Gasteiger partial charge in [0, 0.05) is 31.4 Å². The zero-order valence-corrected chi connectivity index (χ0v) is 15.9. The van der Waals surface area contributed by atoms with Crippen molar-refractivity contribution in [1.29, 1.82) is 0 Å². The van der Waals surface area contributed by atoms with Gasteiger partial charge in [-0.15, -0.1) is 0 Å². The van der Waals surface area contributed by atoms with Crippen LogP contribution in [0.3, 0.4) is 0 Å². The number of ether oxygens (including phenoxy) is 1. The molecule has 2 heterocycles. The summed E-state index contributed by atoms with van der Waals surface area (Å²) in [5.74, 6) is 0.773. The average molecular weight is 347 g/mol. The molecule has 0 unspecified atom stereocenters. The van der Waals surface area contributed by atoms with Crippen LogP contribution in [0.1, 0.15) is 56.2 Å². The molecule has 0 bridgehead atoms. The van der Waals surface area contributed by atoms with Gasteiger partial charge in [-0.3, -0.25) is 5.10 Å². The number of H-pyrrole nitrogens is 1. The molecule has 2 aliphatic carbocycles. The van der Waals surface area contributed by atoms with Crippen LogP contribution >= 0.6 is 0 Å². The highest BCUT2D eigenvalue weighted by Crippen LogP contribution is 2.60. The highest BCUT2D eigenvalue weighted by molar-refractivity contribution is 5.17. The van der Waals surface area contributed by atoms with Gasteiger partial charge in [0.15, 0.2) is 0 Å². The SMILES string of the molecule is CNCCN(C)Cc1c[nH]nc1C[C@H]1CC[C@@]2(CC1)CC1(CC1)CO2. The molecular formula is C20H34N4O. The van der Waals surface area contributed by atoms with Crippen molar-refractivity contribution < 1.29 is 4.74 Å². The summed E-state index contributed by atoms with van der Waals surface area (Å²) >= 11 is 0. The second-order valence-electron chi connectivity index (χ2n) is 8.99. The first-order chi connectivity index (χ1) is 12.1. The normalized spacial score (nSPS) is 30.6. The zero-order valence-electron chi connectivity index (χ0n) is 15.9. The van der Waals surface area contributed by atoms with Crippen LogP contribution in [0, 0.1) is 11.3 Å². The molecule has 1 aromatic heterocycles. The van der Waals surface area contributed by atoms with Crippen LogP contribution in [-0.2, 0) is 17.7 Å². The second kappa shape index (κ2) is 7.01. The second-order valence-corrected chi connectivity index (χ2v) is 8.99. The molecule has 5 nitrogen and oxygen atoms in total. The average Bonchev–Trinajstić information content (AvgIpc) is 3.08. The third-order valence-electron chi connectivity index (χ3n) is 6.83. The lowest BCUT2D eigenvalue weighted by atomic mass is 9.74. The van der Waals surface area contributed by atoms with Gasteiger partial charge < -0.3 is 15.0 Å². The maximum Gasteiger partial charge on any atom is 0.0689 e. The van der Waals surface area contributed by atoms with Gasteiger partial charge in [-0.2, -0.15) is 5.10 Å². The molecule has 3 aliphatic rings. The lowest BCUT2D eigenvalue weighted by molar-refractivity contribution is -0.0352. The molecule has 1 aliphatic heterocycles. The largest absolute Gasteiger partial charge is 0.374 e. The monoisotopic (exact) mass is 346 g/mol. The third kappa shape index (κ3) is 3.93. The number of rotatable bonds is 7. The van der Waals surface area contributed by atoms with Crippen LogP contribution in [0.2, 0.25) is 0 Å². The molecule has 4 rings (SSSR count). The zero-order chi connectivity index (χ0) is 17.3. The fourth-order valence-corrected chi connectivity index (χ4v) is 4.92. The number of nitrogens with one attached hydrogen (secondary N) is 2. The van der Waals surface area contributed by atoms with Gasteiger partial charge in [0.2, 0.25) is 0 Å². The van der Waals surface area contributed by atoms with Crippen LogP contribution in [0.4, 0.5) is 0 Å². The number of hydrogen-bond acceptors (Lipinski definition) is 4. The maximum absolute atomic E-state index is 6.32. The van der Waals surface area contributed by atoms with Crippen LogP contribution in [0.5, 0.6) is 0 Å². The Morgan fingerprint density at radius 3 is 2.80 bits per heavy atom. The van der Waals surface area contributed by atoms with Crippen LogP contribution in [0.15, 0.2) is 6.20 Å². The van der Waals surface area contributed by atoms with Crippen molar-refractivity contribution in [2.24, 2.45) is 11.3 Å². The summed E-state index contributed by atoms with van der Waals surface area (Å²) < 4.78 is 6.32. The summed E-state index contributed by atoms with van der Waals surface area (Å²) in [5, 5.41) is 10.9. The van der Waals surface area contributed by atoms with E-state index in [4.69, 9.17) is 4.74 Å². The quantitative estimate of drug-likeness (QED) is 0.797. The van der Waals surface area contributed by atoms with E-state index in [1.54, 1.807) is 0 Å². The molecule has 5 heteroatoms. The van der Waals surface area contributed by atoms with Crippen molar-refractivity contribution in [2.75, 3.05) is 33.8 Å². The van der Waals surface area contributed by atoms with E-state index in [2.05, 4.69) is 33.7 Å². The van der Waals surface area contributed by atoms with E-state index < -0.39 is 0 Å². The fraction of sp³-hybridized carbons (Fsp3) is 0.850. The first kappa shape index (κ1) is 17.5. The molecule has 3 fully saturated rings. The van der Waals surface area contributed by atoms with Crippen molar-refractivity contribution in [3.8, 4) is 0 Å². The molecule has 0 atom stereocenters. The van der Waals surface area contributed by atoms with Gasteiger partial charge in [-0.05, 0) is 76.8 Å². The Hall–Kier alpha value is -0.910. The van der Waals surface area contributed by atoms with Gasteiger partial charge in [-0.25, -0.2) is 0 Å². The Kier molecular flexibility index (Phi) is 4.91. The van der Waals surface area contributed by atoms with Gasteiger partial charge in [-0.1, -0.05) is 0 Å². The molecule has 2 N–H and O–H groups in total. The smallest absolute Gasteiger partial charge is 0.0689 e. The summed E-state index contributed by atoms with van der Waals surface area (Å²) in [6, 6.07) is 0. The Morgan fingerprint density at radius 1 is 1.32 bits per heavy atom. The predicted octanol–water partition coefficient (Wildman–Crippen LogP) is 2.73. The maximum atomic E-state index is 6.32. The van der Waals surface area contributed by atoms with Crippen molar-refractivity contribution in [3.63, 3.8) is 0 Å². The fourth-order valence-electron chi connectivity index (χ4n) is 4.92. The highest BCUT2D eigenvalue weighted by atomic mass is 16.5. The van der Waals surface area contributed by atoms with Crippen molar-refractivity contribution in [3.05, 3.63) is 17.5 Å². The number of likely N-dealkylation sites (N-methyl/N-ethyl adjacent to an activating group) is 2. The van der Waals surface area contributed by atoms with E-state index in [0.29, 0.717) is 5.41 Å². The number of nitrogens with zero attached hydrogens (tertiary/aromatic N) is 2. The molecule has 2 spiro atoms. The van der Waals surface area contributed by atoms with Crippen LogP contribution in [-0.4, -0.2) is 54.5 Å². The molecule has 1 saturated heterocycles. The van der Waals surface area contributed by atoms with Crippen molar-refractivity contribution in [1.82, 2.24) is 20.4 Å². The topological polar surface area (TPSA) is 53.2 Å². The summed E-state index contributed by atoms with van der Waals surface area (Å²) in [5.41, 5.74) is 3.51. The summed E-state index contributed by atoms with van der Waals surface area (Å²) in [6.07, 6.45) is 12.5. The minimum absolute atomic E-state index is 0.245. The highest BCUT2D eigenvalue weighted by Gasteiger charge is 2.56. The van der Waals surface area contributed by atoms with E-state index in [-0.39, 0.29) is 5.60 Å². The Morgan fingerprint density at radius 2 is 2.12 bits per heavy atom. The predicted molar refractivity (Wildman–Crippen MR) is 99.5 cm³/mol. The minimum atomic E-state index is 0.245. The van der Waals surface area contributed by atoms with E-state index in [1.165, 1.54) is 56.2 Å². The van der Waals surface area contributed by atoms with E-state index in [9.17, 15) is 0 Å². The van der Waals surface area contributed by atoms with E-state index in [1.807, 2.05) is 7.05 Å². The van der Waals surface area contributed by atoms with Gasteiger partial charge in [0.05, 0.1) is 17.9 Å². The first-order valence-corrected chi connectivity index (χ1v) is 10.1. The number of hydrogen-bond donors (Lipinski definition) is 2. The summed E-state index contributed by atoms with van der Waals surface area (Å²) in [6.45, 7) is 4.11. The molecule has 140 valence electrons. The minimum Gasteiger partial charge on any atom is -0.374 e. The Bertz CT molecular complexity index is 572. The van der Waals surface area contributed by atoms with Gasteiger partial charge >= 0.3 is 0 Å². The van der Waals surface area contributed by atoms with Crippen LogP contribution in [0.25, 0.3) is 0 Å². The lowest BCUT2D eigenvalue weighted by Gasteiger charge is -2.36. The molecule has 0 amide bonds. The summed E-state index contributed by atoms with van der Waals surface area (Å²) in [4.78, 5) is 2.36. The lowest BCUT2D eigenvalue weighted by Crippen LogP contribution is -2.34. The molecule has 0 aromatic carbocycles. The van der Waals surface area contributed by atoms with E-state index in [0.717, 1.165) is 38.6 Å². The van der Waals surface area contributed by atoms with Gasteiger partial charge in [0.1, 0.15) is 0 Å². The van der Waals surface area contributed by atoms with Crippen molar-refractivity contribution >= 4 is 0 Å². The van der Waals surface area contributed by atoms with E-state index >= 15 is 0 Å². The first-order valence-electron chi connectivity index (χ1n) is 10.1. The number of aromatic amines is 1. The van der Waals surface area contributed by atoms with Crippen molar-refractivity contribution in [2.45, 2.75) is 63.5 Å². The number of aromatic nitrogens is 2.